The van der Waals surface area contributed by atoms with E-state index in [2.05, 4.69) is 6.92 Å². The van der Waals surface area contributed by atoms with Crippen LogP contribution in [0.3, 0.4) is 0 Å². The third-order valence-electron chi connectivity index (χ3n) is 5.29. The van der Waals surface area contributed by atoms with Gasteiger partial charge in [-0.15, -0.1) is 11.3 Å². The molecule has 0 N–H and O–H groups in total. The lowest BCUT2D eigenvalue weighted by Crippen LogP contribution is -2.21. The largest absolute Gasteiger partial charge is 0.494 e. The molecule has 0 spiro atoms. The van der Waals surface area contributed by atoms with Crippen molar-refractivity contribution in [1.82, 2.24) is 9.55 Å². The molecule has 0 aliphatic heterocycles. The Kier molecular flexibility index (Phi) is 7.69. The van der Waals surface area contributed by atoms with Crippen LogP contribution in [0.1, 0.15) is 36.3 Å². The van der Waals surface area contributed by atoms with Crippen LogP contribution in [0.2, 0.25) is 10.0 Å². The van der Waals surface area contributed by atoms with Gasteiger partial charge in [0.05, 0.1) is 17.7 Å². The quantitative estimate of drug-likeness (QED) is 0.177. The van der Waals surface area contributed by atoms with Gasteiger partial charge in [0.15, 0.2) is 5.16 Å². The lowest BCUT2D eigenvalue weighted by atomic mass is 10.1. The number of aromatic nitrogens is 2. The van der Waals surface area contributed by atoms with E-state index in [4.69, 9.17) is 32.9 Å². The van der Waals surface area contributed by atoms with Crippen LogP contribution in [0.4, 0.5) is 0 Å². The van der Waals surface area contributed by atoms with E-state index in [-0.39, 0.29) is 5.56 Å². The van der Waals surface area contributed by atoms with Gasteiger partial charge in [0.1, 0.15) is 10.6 Å². The Morgan fingerprint density at radius 2 is 1.88 bits per heavy atom. The highest BCUT2D eigenvalue weighted by atomic mass is 35.5. The maximum Gasteiger partial charge on any atom is 0.267 e. The van der Waals surface area contributed by atoms with Crippen LogP contribution in [0.25, 0.3) is 15.9 Å². The molecule has 0 radical (unpaired) electrons. The lowest BCUT2D eigenvalue weighted by molar-refractivity contribution is 0.340. The van der Waals surface area contributed by atoms with Crippen molar-refractivity contribution in [3.05, 3.63) is 78.9 Å². The van der Waals surface area contributed by atoms with Gasteiger partial charge in [0.25, 0.3) is 5.56 Å². The number of ether oxygens (including phenoxy) is 1. The van der Waals surface area contributed by atoms with Gasteiger partial charge < -0.3 is 4.74 Å². The summed E-state index contributed by atoms with van der Waals surface area (Å²) in [5, 5.41) is 2.53. The highest BCUT2D eigenvalue weighted by Crippen LogP contribution is 2.33. The summed E-state index contributed by atoms with van der Waals surface area (Å²) in [5.74, 6) is 1.33. The second-order valence-corrected chi connectivity index (χ2v) is 10.4. The Bertz CT molecular complexity index is 1350. The van der Waals surface area contributed by atoms with Crippen molar-refractivity contribution in [2.24, 2.45) is 0 Å². The summed E-state index contributed by atoms with van der Waals surface area (Å²) in [7, 11) is 0. The third kappa shape index (κ3) is 5.09. The highest BCUT2D eigenvalue weighted by molar-refractivity contribution is 7.98. The minimum atomic E-state index is -0.0510. The topological polar surface area (TPSA) is 44.1 Å². The molecule has 0 saturated carbocycles. The van der Waals surface area contributed by atoms with Crippen molar-refractivity contribution >= 4 is 56.5 Å². The van der Waals surface area contributed by atoms with Gasteiger partial charge in [0, 0.05) is 20.7 Å². The Morgan fingerprint density at radius 3 is 2.55 bits per heavy atom. The van der Waals surface area contributed by atoms with Gasteiger partial charge in [-0.1, -0.05) is 54.4 Å². The molecule has 2 aromatic heterocycles. The molecule has 0 amide bonds. The van der Waals surface area contributed by atoms with Crippen molar-refractivity contribution < 1.29 is 4.74 Å². The molecule has 0 aliphatic rings. The summed E-state index contributed by atoms with van der Waals surface area (Å²) >= 11 is 15.5. The normalized spacial score (nSPS) is 11.3. The second kappa shape index (κ2) is 10.5. The molecule has 4 nitrogen and oxygen atoms in total. The second-order valence-electron chi connectivity index (χ2n) is 7.57. The highest BCUT2D eigenvalue weighted by Gasteiger charge is 2.19. The fraction of sp³-hybridized carbons (Fsp3) is 0.280. The van der Waals surface area contributed by atoms with E-state index in [9.17, 15) is 4.79 Å². The zero-order chi connectivity index (χ0) is 23.5. The van der Waals surface area contributed by atoms with E-state index in [1.165, 1.54) is 16.6 Å². The zero-order valence-corrected chi connectivity index (χ0v) is 21.8. The number of nitrogens with zero attached hydrogens (tertiary/aromatic N) is 2. The average molecular weight is 520 g/mol. The van der Waals surface area contributed by atoms with Crippen molar-refractivity contribution in [3.63, 3.8) is 0 Å². The smallest absolute Gasteiger partial charge is 0.267 e. The van der Waals surface area contributed by atoms with Gasteiger partial charge in [-0.3, -0.25) is 9.36 Å². The number of thiophene rings is 1. The predicted octanol–water partition coefficient (Wildman–Crippen LogP) is 7.71. The molecule has 0 fully saturated rings. The van der Waals surface area contributed by atoms with Crippen molar-refractivity contribution in [2.45, 2.75) is 44.5 Å². The Morgan fingerprint density at radius 1 is 1.12 bits per heavy atom. The number of rotatable bonds is 8. The molecule has 0 bridgehead atoms. The van der Waals surface area contributed by atoms with Crippen LogP contribution >= 0.6 is 46.3 Å². The molecule has 33 heavy (non-hydrogen) atoms. The van der Waals surface area contributed by atoms with Crippen LogP contribution in [-0.2, 0) is 12.2 Å². The molecule has 0 aliphatic carbocycles. The molecule has 172 valence electrons. The lowest BCUT2D eigenvalue weighted by Gasteiger charge is -2.13. The molecule has 8 heteroatoms. The number of hydrogen-bond donors (Lipinski definition) is 0. The molecule has 0 atom stereocenters. The van der Waals surface area contributed by atoms with Crippen LogP contribution < -0.4 is 10.3 Å². The molecule has 4 rings (SSSR count). The number of benzene rings is 2. The Labute approximate surface area is 211 Å². The third-order valence-corrected chi connectivity index (χ3v) is 8.11. The Hall–Kier alpha value is -1.99. The summed E-state index contributed by atoms with van der Waals surface area (Å²) < 4.78 is 7.27. The van der Waals surface area contributed by atoms with E-state index >= 15 is 0 Å². The van der Waals surface area contributed by atoms with Gasteiger partial charge in [-0.2, -0.15) is 0 Å². The van der Waals surface area contributed by atoms with Gasteiger partial charge in [-0.05, 0) is 67.8 Å². The zero-order valence-electron chi connectivity index (χ0n) is 18.7. The van der Waals surface area contributed by atoms with Gasteiger partial charge in [0.2, 0.25) is 0 Å². The van der Waals surface area contributed by atoms with E-state index < -0.39 is 0 Å². The predicted molar refractivity (Wildman–Crippen MR) is 141 cm³/mol. The van der Waals surface area contributed by atoms with Crippen molar-refractivity contribution in [2.75, 3.05) is 6.61 Å². The first kappa shape index (κ1) is 24.1. The first-order chi connectivity index (χ1) is 15.9. The standard InChI is InChI=1S/C25H24Cl2N2O2S2/c1-4-6-21-15(3)22-23(33-21)28-25(32-14-16-7-8-17(26)13-20(16)27)29(24(22)30)18-9-11-19(12-10-18)31-5-2/h7-13H,4-6,14H2,1-3H3. The molecular weight excluding hydrogens is 495 g/mol. The van der Waals surface area contributed by atoms with Crippen molar-refractivity contribution in [1.29, 1.82) is 0 Å². The van der Waals surface area contributed by atoms with Gasteiger partial charge in [-0.25, -0.2) is 4.98 Å². The molecule has 4 aromatic rings. The van der Waals surface area contributed by atoms with Crippen LogP contribution in [0.15, 0.2) is 52.4 Å². The number of fused-ring (bicyclic) bond motifs is 1. The molecule has 2 aromatic carbocycles. The van der Waals surface area contributed by atoms with E-state index in [1.807, 2.05) is 50.2 Å². The molecular formula is C25H24Cl2N2O2S2. The Balaban J connectivity index is 1.83. The first-order valence-corrected chi connectivity index (χ1v) is 13.3. The maximum atomic E-state index is 13.8. The minimum absolute atomic E-state index is 0.0510. The summed E-state index contributed by atoms with van der Waals surface area (Å²) in [5.41, 5.74) is 2.68. The van der Waals surface area contributed by atoms with E-state index in [0.29, 0.717) is 32.9 Å². The van der Waals surface area contributed by atoms with Crippen molar-refractivity contribution in [3.8, 4) is 11.4 Å². The van der Waals surface area contributed by atoms with Crippen LogP contribution in [0, 0.1) is 6.92 Å². The van der Waals surface area contributed by atoms with E-state index in [0.717, 1.165) is 40.2 Å². The number of aryl methyl sites for hydroxylation is 2. The monoisotopic (exact) mass is 518 g/mol. The molecule has 0 unspecified atom stereocenters. The van der Waals surface area contributed by atoms with E-state index in [1.54, 1.807) is 22.0 Å². The number of hydrogen-bond acceptors (Lipinski definition) is 5. The SMILES string of the molecule is CCCc1sc2nc(SCc3ccc(Cl)cc3Cl)n(-c3ccc(OCC)cc3)c(=O)c2c1C. The minimum Gasteiger partial charge on any atom is -0.494 e. The summed E-state index contributed by atoms with van der Waals surface area (Å²) in [6, 6.07) is 13.0. The fourth-order valence-corrected chi connectivity index (χ4v) is 6.53. The summed E-state index contributed by atoms with van der Waals surface area (Å²) in [6.45, 7) is 6.70. The summed E-state index contributed by atoms with van der Waals surface area (Å²) in [6.07, 6.45) is 1.97. The van der Waals surface area contributed by atoms with Crippen LogP contribution in [0.5, 0.6) is 5.75 Å². The first-order valence-electron chi connectivity index (χ1n) is 10.8. The summed E-state index contributed by atoms with van der Waals surface area (Å²) in [4.78, 5) is 20.7. The molecule has 0 saturated heterocycles. The molecule has 2 heterocycles. The number of halogens is 2. The average Bonchev–Trinajstić information content (AvgIpc) is 3.10. The van der Waals surface area contributed by atoms with Gasteiger partial charge >= 0.3 is 0 Å². The maximum absolute atomic E-state index is 13.8. The van der Waals surface area contributed by atoms with Crippen LogP contribution in [-0.4, -0.2) is 16.2 Å². The fourth-order valence-electron chi connectivity index (χ4n) is 3.64. The number of thioether (sulfide) groups is 1.